The van der Waals surface area contributed by atoms with Crippen LogP contribution in [0.4, 0.5) is 0 Å². The van der Waals surface area contributed by atoms with Crippen molar-refractivity contribution in [1.29, 1.82) is 5.26 Å². The van der Waals surface area contributed by atoms with Gasteiger partial charge in [0, 0.05) is 11.5 Å². The summed E-state index contributed by atoms with van der Waals surface area (Å²) in [7, 11) is 3.75. The molecule has 28 heavy (non-hydrogen) atoms. The molecule has 4 heteroatoms. The Labute approximate surface area is 168 Å². The summed E-state index contributed by atoms with van der Waals surface area (Å²) < 4.78 is 5.46. The Kier molecular flexibility index (Phi) is 5.52. The lowest BCUT2D eigenvalue weighted by molar-refractivity contribution is -0.141. The number of hydrogen-bond acceptors (Lipinski definition) is 4. The van der Waals surface area contributed by atoms with Crippen molar-refractivity contribution in [2.45, 2.75) is 50.7 Å². The molecule has 0 radical (unpaired) electrons. The highest BCUT2D eigenvalue weighted by atomic mass is 16.5. The van der Waals surface area contributed by atoms with E-state index in [2.05, 4.69) is 37.1 Å². The van der Waals surface area contributed by atoms with Gasteiger partial charge in [-0.3, -0.25) is 4.90 Å². The average molecular weight is 379 g/mol. The molecule has 148 valence electrons. The quantitative estimate of drug-likeness (QED) is 0.858. The lowest BCUT2D eigenvalue weighted by Crippen LogP contribution is -2.67. The van der Waals surface area contributed by atoms with Crippen molar-refractivity contribution in [3.8, 4) is 11.8 Å². The monoisotopic (exact) mass is 378 g/mol. The van der Waals surface area contributed by atoms with Gasteiger partial charge in [0.2, 0.25) is 0 Å². The topological polar surface area (TPSA) is 56.5 Å². The third-order valence-electron chi connectivity index (χ3n) is 6.58. The predicted molar refractivity (Wildman–Crippen MR) is 111 cm³/mol. The normalized spacial score (nSPS) is 28.4. The first kappa shape index (κ1) is 20.4. The number of likely N-dealkylation sites (N-methyl/N-ethyl adjacent to an activating group) is 1. The largest absolute Gasteiger partial charge is 0.497 e. The molecule has 2 aromatic rings. The molecule has 4 nitrogen and oxygen atoms in total. The Balaban J connectivity index is 0.00000109. The molecule has 0 saturated carbocycles. The van der Waals surface area contributed by atoms with Crippen molar-refractivity contribution < 1.29 is 9.84 Å². The van der Waals surface area contributed by atoms with Crippen LogP contribution >= 0.6 is 0 Å². The fraction of sp³-hybridized carbons (Fsp3) is 0.458. The number of piperidine rings is 1. The Morgan fingerprint density at radius 3 is 2.64 bits per heavy atom. The first-order valence-electron chi connectivity index (χ1n) is 10.0. The minimum atomic E-state index is -1.06. The number of methoxy groups -OCH3 is 1. The molecule has 1 saturated heterocycles. The Morgan fingerprint density at radius 1 is 1.21 bits per heavy atom. The third-order valence-corrected chi connectivity index (χ3v) is 6.58. The minimum absolute atomic E-state index is 0.0314. The maximum Gasteiger partial charge on any atom is 0.119 e. The van der Waals surface area contributed by atoms with Crippen molar-refractivity contribution >= 4 is 0 Å². The molecule has 3 atom stereocenters. The summed E-state index contributed by atoms with van der Waals surface area (Å²) in [4.78, 5) is 2.26. The first-order valence-corrected chi connectivity index (χ1v) is 10.0. The number of aliphatic hydroxyl groups is 1. The van der Waals surface area contributed by atoms with Gasteiger partial charge < -0.3 is 9.84 Å². The van der Waals surface area contributed by atoms with Crippen molar-refractivity contribution in [2.24, 2.45) is 0 Å². The molecule has 2 aliphatic rings. The molecule has 1 aliphatic carbocycles. The second-order valence-corrected chi connectivity index (χ2v) is 7.76. The minimum Gasteiger partial charge on any atom is -0.497 e. The fourth-order valence-corrected chi connectivity index (χ4v) is 5.00. The molecule has 2 bridgehead atoms. The lowest BCUT2D eigenvalue weighted by Gasteiger charge is -2.60. The maximum absolute atomic E-state index is 12.2. The lowest BCUT2D eigenvalue weighted by atomic mass is 9.53. The number of rotatable bonds is 2. The fourth-order valence-electron chi connectivity index (χ4n) is 5.00. The molecule has 1 unspecified atom stereocenters. The summed E-state index contributed by atoms with van der Waals surface area (Å²) in [5.74, 6) is 0.815. The van der Waals surface area contributed by atoms with Gasteiger partial charge in [-0.2, -0.15) is 5.26 Å². The van der Waals surface area contributed by atoms with Crippen molar-refractivity contribution in [3.63, 3.8) is 0 Å². The number of ether oxygens (including phenoxy) is 1. The average Bonchev–Trinajstić information content (AvgIpc) is 2.74. The smallest absolute Gasteiger partial charge is 0.119 e. The second-order valence-electron chi connectivity index (χ2n) is 7.76. The van der Waals surface area contributed by atoms with Crippen LogP contribution < -0.4 is 4.74 Å². The molecule has 4 rings (SSSR count). The number of fused-ring (bicyclic) bond motifs is 4. The molecular weight excluding hydrogens is 348 g/mol. The molecule has 0 amide bonds. The SMILES string of the molecule is CC.COc1ccc2c(c1)[C@@]1(C)CCN(C)C(C2)[C@@]1(O)c1cccc(C#N)c1. The van der Waals surface area contributed by atoms with E-state index in [-0.39, 0.29) is 6.04 Å². The Morgan fingerprint density at radius 2 is 1.96 bits per heavy atom. The summed E-state index contributed by atoms with van der Waals surface area (Å²) in [6.45, 7) is 7.08. The predicted octanol–water partition coefficient (Wildman–Crippen LogP) is 4.00. The van der Waals surface area contributed by atoms with Crippen molar-refractivity contribution in [3.05, 3.63) is 64.7 Å². The van der Waals surface area contributed by atoms with E-state index < -0.39 is 11.0 Å². The van der Waals surface area contributed by atoms with Gasteiger partial charge >= 0.3 is 0 Å². The van der Waals surface area contributed by atoms with E-state index in [1.807, 2.05) is 38.1 Å². The van der Waals surface area contributed by atoms with Crippen molar-refractivity contribution in [1.82, 2.24) is 4.90 Å². The molecule has 0 spiro atoms. The Hall–Kier alpha value is -2.35. The van der Waals surface area contributed by atoms with E-state index in [1.165, 1.54) is 5.56 Å². The van der Waals surface area contributed by atoms with Gasteiger partial charge in [0.25, 0.3) is 0 Å². The van der Waals surface area contributed by atoms with E-state index in [1.54, 1.807) is 13.2 Å². The molecule has 1 heterocycles. The van der Waals surface area contributed by atoms with Gasteiger partial charge in [-0.25, -0.2) is 0 Å². The highest BCUT2D eigenvalue weighted by Crippen LogP contribution is 2.56. The van der Waals surface area contributed by atoms with Crippen LogP contribution in [0.2, 0.25) is 0 Å². The molecule has 2 aromatic carbocycles. The molecule has 0 aromatic heterocycles. The molecule has 1 N–H and O–H groups in total. The number of hydrogen-bond donors (Lipinski definition) is 1. The van der Waals surface area contributed by atoms with Crippen LogP contribution in [0.3, 0.4) is 0 Å². The van der Waals surface area contributed by atoms with Crippen molar-refractivity contribution in [2.75, 3.05) is 20.7 Å². The highest BCUT2D eigenvalue weighted by molar-refractivity contribution is 5.51. The van der Waals surface area contributed by atoms with Gasteiger partial charge in [-0.15, -0.1) is 0 Å². The van der Waals surface area contributed by atoms with Gasteiger partial charge in [-0.1, -0.05) is 39.0 Å². The second kappa shape index (κ2) is 7.58. The van der Waals surface area contributed by atoms with E-state index in [4.69, 9.17) is 4.74 Å². The van der Waals surface area contributed by atoms with Crippen LogP contribution in [-0.4, -0.2) is 36.8 Å². The van der Waals surface area contributed by atoms with Gasteiger partial charge in [-0.05, 0) is 67.4 Å². The number of likely N-dealkylation sites (tertiary alicyclic amines) is 1. The van der Waals surface area contributed by atoms with Gasteiger partial charge in [0.15, 0.2) is 0 Å². The van der Waals surface area contributed by atoms with Gasteiger partial charge in [0.1, 0.15) is 11.4 Å². The maximum atomic E-state index is 12.2. The van der Waals surface area contributed by atoms with E-state index >= 15 is 0 Å². The zero-order valence-corrected chi connectivity index (χ0v) is 17.5. The number of nitrogens with zero attached hydrogens (tertiary/aromatic N) is 2. The summed E-state index contributed by atoms with van der Waals surface area (Å²) >= 11 is 0. The summed E-state index contributed by atoms with van der Waals surface area (Å²) in [5.41, 5.74) is 2.32. The van der Waals surface area contributed by atoms with Gasteiger partial charge in [0.05, 0.1) is 18.7 Å². The standard InChI is InChI=1S/C22H24N2O2.C2H6/c1-21-9-10-24(2)20(12-16-7-8-18(26-3)13-19(16)21)22(21,25)17-6-4-5-15(11-17)14-23;1-2/h4-8,11,13,20,25H,9-10,12H2,1-3H3;1-2H3/t20?,21-,22+;/m1./s1. The Bertz CT molecular complexity index is 904. The van der Waals surface area contributed by atoms with E-state index in [9.17, 15) is 10.4 Å². The first-order chi connectivity index (χ1) is 13.4. The summed E-state index contributed by atoms with van der Waals surface area (Å²) in [5, 5.41) is 21.5. The zero-order chi connectivity index (χ0) is 20.5. The van der Waals surface area contributed by atoms with Crippen LogP contribution in [0, 0.1) is 11.3 Å². The van der Waals surface area contributed by atoms with Crippen LogP contribution in [-0.2, 0) is 17.4 Å². The summed E-state index contributed by atoms with van der Waals surface area (Å²) in [6.07, 6.45) is 1.62. The molecule has 1 fully saturated rings. The molecule has 1 aliphatic heterocycles. The van der Waals surface area contributed by atoms with Crippen LogP contribution in [0.15, 0.2) is 42.5 Å². The van der Waals surface area contributed by atoms with E-state index in [0.29, 0.717) is 5.56 Å². The van der Waals surface area contributed by atoms with Crippen LogP contribution in [0.1, 0.15) is 49.4 Å². The molecular formula is C24H30N2O2. The van der Waals surface area contributed by atoms with E-state index in [0.717, 1.165) is 36.3 Å². The third kappa shape index (κ3) is 2.82. The van der Waals surface area contributed by atoms with Crippen LogP contribution in [0.25, 0.3) is 0 Å². The zero-order valence-electron chi connectivity index (χ0n) is 17.5. The van der Waals surface area contributed by atoms with Crippen LogP contribution in [0.5, 0.6) is 5.75 Å². The highest BCUT2D eigenvalue weighted by Gasteiger charge is 2.60. The summed E-state index contributed by atoms with van der Waals surface area (Å²) in [6, 6.07) is 15.8. The number of benzene rings is 2. The number of nitriles is 1.